The van der Waals surface area contributed by atoms with Crippen LogP contribution in [0.2, 0.25) is 0 Å². The molecule has 0 aromatic heterocycles. The van der Waals surface area contributed by atoms with Crippen LogP contribution in [0.4, 0.5) is 0 Å². The summed E-state index contributed by atoms with van der Waals surface area (Å²) in [5.41, 5.74) is 0.988. The van der Waals surface area contributed by atoms with Gasteiger partial charge >= 0.3 is 5.97 Å². The van der Waals surface area contributed by atoms with Gasteiger partial charge in [0, 0.05) is 0 Å². The Bertz CT molecular complexity index is 554. The lowest BCUT2D eigenvalue weighted by molar-refractivity contribution is 0.0695. The first-order chi connectivity index (χ1) is 13.6. The molecule has 0 aliphatic carbocycles. The van der Waals surface area contributed by atoms with Crippen LogP contribution in [-0.4, -0.2) is 24.3 Å². The zero-order valence-corrected chi connectivity index (χ0v) is 18.2. The molecule has 0 aliphatic rings. The van der Waals surface area contributed by atoms with E-state index in [2.05, 4.69) is 13.8 Å². The van der Waals surface area contributed by atoms with Gasteiger partial charge in [0.2, 0.25) is 0 Å². The van der Waals surface area contributed by atoms with Crippen LogP contribution in [0.25, 0.3) is 0 Å². The summed E-state index contributed by atoms with van der Waals surface area (Å²) in [6.45, 7) is 7.48. The van der Waals surface area contributed by atoms with Crippen molar-refractivity contribution in [3.05, 3.63) is 23.3 Å². The van der Waals surface area contributed by atoms with Gasteiger partial charge < -0.3 is 14.6 Å². The quantitative estimate of drug-likeness (QED) is 0.285. The van der Waals surface area contributed by atoms with Gasteiger partial charge in [-0.25, -0.2) is 4.79 Å². The normalized spacial score (nSPS) is 10.8. The summed E-state index contributed by atoms with van der Waals surface area (Å²) in [6.07, 6.45) is 14.4. The fourth-order valence-electron chi connectivity index (χ4n) is 3.25. The molecule has 4 heteroatoms. The van der Waals surface area contributed by atoms with Gasteiger partial charge in [-0.05, 0) is 37.5 Å². The second-order valence-corrected chi connectivity index (χ2v) is 7.65. The lowest BCUT2D eigenvalue weighted by Gasteiger charge is -2.15. The maximum atomic E-state index is 11.5. The van der Waals surface area contributed by atoms with E-state index >= 15 is 0 Å². The number of ether oxygens (including phenoxy) is 2. The Morgan fingerprint density at radius 2 is 1.18 bits per heavy atom. The molecule has 0 unspecified atom stereocenters. The molecule has 0 radical (unpaired) electrons. The van der Waals surface area contributed by atoms with Crippen LogP contribution in [0.5, 0.6) is 11.5 Å². The highest BCUT2D eigenvalue weighted by Gasteiger charge is 2.14. The van der Waals surface area contributed by atoms with Gasteiger partial charge in [0.25, 0.3) is 0 Å². The number of carboxylic acid groups (broad SMARTS) is 1. The molecule has 1 aromatic rings. The van der Waals surface area contributed by atoms with E-state index in [0.717, 1.165) is 19.3 Å². The van der Waals surface area contributed by atoms with Gasteiger partial charge in [-0.1, -0.05) is 78.1 Å². The molecular formula is C24H40O4. The number of carboxylic acids is 1. The van der Waals surface area contributed by atoms with Crippen LogP contribution in [0.3, 0.4) is 0 Å². The van der Waals surface area contributed by atoms with Crippen molar-refractivity contribution in [2.24, 2.45) is 0 Å². The molecule has 1 N–H and O–H groups in total. The van der Waals surface area contributed by atoms with Crippen molar-refractivity contribution in [2.75, 3.05) is 13.2 Å². The minimum Gasteiger partial charge on any atom is -0.490 e. The summed E-state index contributed by atoms with van der Waals surface area (Å²) in [7, 11) is 0. The number of hydrogen-bond donors (Lipinski definition) is 1. The molecule has 0 saturated heterocycles. The van der Waals surface area contributed by atoms with Crippen LogP contribution in [0.15, 0.2) is 12.1 Å². The highest BCUT2D eigenvalue weighted by Crippen LogP contribution is 2.31. The monoisotopic (exact) mass is 392 g/mol. The molecule has 0 atom stereocenters. The van der Waals surface area contributed by atoms with E-state index in [1.165, 1.54) is 57.8 Å². The Hall–Kier alpha value is -1.71. The van der Waals surface area contributed by atoms with Gasteiger partial charge in [-0.15, -0.1) is 0 Å². The minimum absolute atomic E-state index is 0.282. The molecule has 0 spiro atoms. The summed E-state index contributed by atoms with van der Waals surface area (Å²) in [6, 6.07) is 3.42. The molecule has 28 heavy (non-hydrogen) atoms. The SMILES string of the molecule is CCCCCCCCOc1cc(C)c(C(=O)O)cc1OCCCCCCCC. The van der Waals surface area contributed by atoms with Crippen LogP contribution in [-0.2, 0) is 0 Å². The molecular weight excluding hydrogens is 352 g/mol. The fourth-order valence-corrected chi connectivity index (χ4v) is 3.25. The first-order valence-corrected chi connectivity index (χ1v) is 11.2. The number of hydrogen-bond acceptors (Lipinski definition) is 3. The van der Waals surface area contributed by atoms with E-state index < -0.39 is 5.97 Å². The molecule has 0 bridgehead atoms. The van der Waals surface area contributed by atoms with Crippen molar-refractivity contribution in [3.63, 3.8) is 0 Å². The van der Waals surface area contributed by atoms with Gasteiger partial charge in [-0.3, -0.25) is 0 Å². The van der Waals surface area contributed by atoms with Crippen molar-refractivity contribution >= 4 is 5.97 Å². The molecule has 160 valence electrons. The van der Waals surface area contributed by atoms with Crippen molar-refractivity contribution in [2.45, 2.75) is 97.8 Å². The minimum atomic E-state index is -0.926. The van der Waals surface area contributed by atoms with Gasteiger partial charge in [0.15, 0.2) is 11.5 Å². The second-order valence-electron chi connectivity index (χ2n) is 7.65. The lowest BCUT2D eigenvalue weighted by Crippen LogP contribution is -2.06. The van der Waals surface area contributed by atoms with E-state index in [0.29, 0.717) is 30.3 Å². The summed E-state index contributed by atoms with van der Waals surface area (Å²) in [4.78, 5) is 11.5. The molecule has 1 rings (SSSR count). The maximum absolute atomic E-state index is 11.5. The highest BCUT2D eigenvalue weighted by molar-refractivity contribution is 5.90. The van der Waals surface area contributed by atoms with Crippen molar-refractivity contribution < 1.29 is 19.4 Å². The predicted octanol–water partition coefficient (Wildman–Crippen LogP) is 7.17. The number of aryl methyl sites for hydroxylation is 1. The summed E-state index contributed by atoms with van der Waals surface area (Å²) >= 11 is 0. The first kappa shape index (κ1) is 24.3. The van der Waals surface area contributed by atoms with Gasteiger partial charge in [-0.2, -0.15) is 0 Å². The number of carbonyl (C=O) groups is 1. The zero-order valence-electron chi connectivity index (χ0n) is 18.2. The number of rotatable bonds is 17. The zero-order chi connectivity index (χ0) is 20.6. The maximum Gasteiger partial charge on any atom is 0.336 e. The summed E-state index contributed by atoms with van der Waals surface area (Å²) in [5, 5.41) is 9.39. The summed E-state index contributed by atoms with van der Waals surface area (Å²) in [5.74, 6) is 0.300. The number of benzene rings is 1. The third kappa shape index (κ3) is 10.0. The van der Waals surface area contributed by atoms with Crippen LogP contribution < -0.4 is 9.47 Å². The van der Waals surface area contributed by atoms with Crippen molar-refractivity contribution in [1.82, 2.24) is 0 Å². The van der Waals surface area contributed by atoms with Crippen molar-refractivity contribution in [3.8, 4) is 11.5 Å². The van der Waals surface area contributed by atoms with Gasteiger partial charge in [0.1, 0.15) is 0 Å². The molecule has 1 aromatic carbocycles. The van der Waals surface area contributed by atoms with Gasteiger partial charge in [0.05, 0.1) is 18.8 Å². The van der Waals surface area contributed by atoms with E-state index in [-0.39, 0.29) is 5.56 Å². The Kier molecular flexibility index (Phi) is 13.2. The van der Waals surface area contributed by atoms with Crippen LogP contribution in [0, 0.1) is 6.92 Å². The number of aromatic carboxylic acids is 1. The Morgan fingerprint density at radius 1 is 0.750 bits per heavy atom. The molecule has 0 aliphatic heterocycles. The molecule has 0 amide bonds. The fraction of sp³-hybridized carbons (Fsp3) is 0.708. The molecule has 0 fully saturated rings. The Labute approximate surface area is 171 Å². The Balaban J connectivity index is 2.53. The standard InChI is InChI=1S/C24H40O4/c1-4-6-8-10-12-14-16-27-22-18-20(3)21(24(25)26)19-23(22)28-17-15-13-11-9-7-5-2/h18-19H,4-17H2,1-3H3,(H,25,26). The Morgan fingerprint density at radius 3 is 1.64 bits per heavy atom. The van der Waals surface area contributed by atoms with Crippen molar-refractivity contribution in [1.29, 1.82) is 0 Å². The third-order valence-electron chi connectivity index (χ3n) is 5.03. The average Bonchev–Trinajstić information content (AvgIpc) is 2.67. The second kappa shape index (κ2) is 15.2. The first-order valence-electron chi connectivity index (χ1n) is 11.2. The van der Waals surface area contributed by atoms with E-state index in [1.54, 1.807) is 19.1 Å². The third-order valence-corrected chi connectivity index (χ3v) is 5.03. The molecule has 0 saturated carbocycles. The van der Waals surface area contributed by atoms with Crippen LogP contribution in [0.1, 0.15) is 107 Å². The summed E-state index contributed by atoms with van der Waals surface area (Å²) < 4.78 is 11.9. The molecule has 0 heterocycles. The molecule has 4 nitrogen and oxygen atoms in total. The van der Waals surface area contributed by atoms with E-state index in [4.69, 9.17) is 9.47 Å². The largest absolute Gasteiger partial charge is 0.490 e. The highest BCUT2D eigenvalue weighted by atomic mass is 16.5. The lowest BCUT2D eigenvalue weighted by atomic mass is 10.1. The van der Waals surface area contributed by atoms with Crippen LogP contribution >= 0.6 is 0 Å². The predicted molar refractivity (Wildman–Crippen MR) is 116 cm³/mol. The average molecular weight is 393 g/mol. The van der Waals surface area contributed by atoms with E-state index in [1.807, 2.05) is 0 Å². The topological polar surface area (TPSA) is 55.8 Å². The smallest absolute Gasteiger partial charge is 0.336 e. The number of unbranched alkanes of at least 4 members (excludes halogenated alkanes) is 10. The van der Waals surface area contributed by atoms with E-state index in [9.17, 15) is 9.90 Å².